The zero-order valence-electron chi connectivity index (χ0n) is 13.1. The highest BCUT2D eigenvalue weighted by molar-refractivity contribution is 5.86. The van der Waals surface area contributed by atoms with Gasteiger partial charge in [0.15, 0.2) is 11.5 Å². The third kappa shape index (κ3) is 4.54. The molecule has 0 unspecified atom stereocenters. The van der Waals surface area contributed by atoms with E-state index in [0.717, 1.165) is 18.4 Å². The van der Waals surface area contributed by atoms with Gasteiger partial charge in [-0.05, 0) is 37.0 Å². The Bertz CT molecular complexity index is 546. The van der Waals surface area contributed by atoms with Gasteiger partial charge < -0.3 is 20.5 Å². The van der Waals surface area contributed by atoms with E-state index in [1.807, 2.05) is 0 Å². The van der Waals surface area contributed by atoms with Crippen LogP contribution >= 0.6 is 0 Å². The molecule has 23 heavy (non-hydrogen) atoms. The summed E-state index contributed by atoms with van der Waals surface area (Å²) < 4.78 is 34.2. The SMILES string of the molecule is COc1ccc(CCNC(=O)C2(N)CCCC2)cc1OC(F)F. The first-order valence-electron chi connectivity index (χ1n) is 7.63. The highest BCUT2D eigenvalue weighted by atomic mass is 19.3. The Morgan fingerprint density at radius 2 is 2.04 bits per heavy atom. The van der Waals surface area contributed by atoms with Crippen LogP contribution in [0, 0.1) is 0 Å². The highest BCUT2D eigenvalue weighted by Crippen LogP contribution is 2.30. The van der Waals surface area contributed by atoms with Crippen LogP contribution in [0.3, 0.4) is 0 Å². The molecule has 0 radical (unpaired) electrons. The number of amides is 1. The highest BCUT2D eigenvalue weighted by Gasteiger charge is 2.36. The molecule has 0 aliphatic heterocycles. The van der Waals surface area contributed by atoms with E-state index in [1.54, 1.807) is 12.1 Å². The maximum Gasteiger partial charge on any atom is 0.387 e. The summed E-state index contributed by atoms with van der Waals surface area (Å²) in [5.41, 5.74) is 6.07. The Hall–Kier alpha value is -1.89. The molecular formula is C16H22F2N2O3. The van der Waals surface area contributed by atoms with Gasteiger partial charge in [0, 0.05) is 6.54 Å². The molecule has 1 fully saturated rings. The van der Waals surface area contributed by atoms with E-state index in [9.17, 15) is 13.6 Å². The molecule has 3 N–H and O–H groups in total. The van der Waals surface area contributed by atoms with Crippen LogP contribution in [-0.2, 0) is 11.2 Å². The maximum atomic E-state index is 12.4. The minimum Gasteiger partial charge on any atom is -0.493 e. The second kappa shape index (κ2) is 7.59. The standard InChI is InChI=1S/C16H22F2N2O3/c1-22-12-5-4-11(10-13(12)23-15(17)18)6-9-20-14(21)16(19)7-2-3-8-16/h4-5,10,15H,2-3,6-9,19H2,1H3,(H,20,21). The molecule has 7 heteroatoms. The number of rotatable bonds is 7. The van der Waals surface area contributed by atoms with Gasteiger partial charge in [0.2, 0.25) is 5.91 Å². The van der Waals surface area contributed by atoms with Crippen molar-refractivity contribution in [1.29, 1.82) is 0 Å². The molecule has 1 aromatic rings. The minimum atomic E-state index is -2.92. The zero-order valence-corrected chi connectivity index (χ0v) is 13.1. The molecule has 0 spiro atoms. The first kappa shape index (κ1) is 17.5. The number of halogens is 2. The van der Waals surface area contributed by atoms with Crippen molar-refractivity contribution in [3.05, 3.63) is 23.8 Å². The van der Waals surface area contributed by atoms with Crippen molar-refractivity contribution in [3.63, 3.8) is 0 Å². The van der Waals surface area contributed by atoms with Crippen LogP contribution in [0.4, 0.5) is 8.78 Å². The monoisotopic (exact) mass is 328 g/mol. The number of ether oxygens (including phenoxy) is 2. The van der Waals surface area contributed by atoms with Gasteiger partial charge in [0.25, 0.3) is 0 Å². The van der Waals surface area contributed by atoms with Crippen LogP contribution < -0.4 is 20.5 Å². The predicted molar refractivity (Wildman–Crippen MR) is 81.7 cm³/mol. The fourth-order valence-electron chi connectivity index (χ4n) is 2.79. The first-order chi connectivity index (χ1) is 10.9. The summed E-state index contributed by atoms with van der Waals surface area (Å²) in [5.74, 6) is 0.0786. The Balaban J connectivity index is 1.91. The molecule has 0 atom stereocenters. The lowest BCUT2D eigenvalue weighted by atomic mass is 9.98. The van der Waals surface area contributed by atoms with Gasteiger partial charge in [0.1, 0.15) is 0 Å². The van der Waals surface area contributed by atoms with E-state index in [0.29, 0.717) is 25.8 Å². The predicted octanol–water partition coefficient (Wildman–Crippen LogP) is 2.23. The summed E-state index contributed by atoms with van der Waals surface area (Å²) in [6.45, 7) is -2.53. The van der Waals surface area contributed by atoms with Gasteiger partial charge in [-0.1, -0.05) is 18.9 Å². The summed E-state index contributed by atoms with van der Waals surface area (Å²) >= 11 is 0. The lowest BCUT2D eigenvalue weighted by molar-refractivity contribution is -0.126. The Morgan fingerprint density at radius 3 is 2.65 bits per heavy atom. The van der Waals surface area contributed by atoms with Crippen molar-refractivity contribution < 1.29 is 23.0 Å². The van der Waals surface area contributed by atoms with Gasteiger partial charge in [0.05, 0.1) is 12.6 Å². The van der Waals surface area contributed by atoms with Crippen molar-refractivity contribution in [2.24, 2.45) is 5.73 Å². The van der Waals surface area contributed by atoms with E-state index in [2.05, 4.69) is 10.1 Å². The smallest absolute Gasteiger partial charge is 0.387 e. The van der Waals surface area contributed by atoms with Crippen molar-refractivity contribution >= 4 is 5.91 Å². The Kier molecular flexibility index (Phi) is 5.76. The molecule has 1 saturated carbocycles. The van der Waals surface area contributed by atoms with Gasteiger partial charge in [-0.2, -0.15) is 8.78 Å². The molecule has 1 aliphatic carbocycles. The van der Waals surface area contributed by atoms with E-state index >= 15 is 0 Å². The van der Waals surface area contributed by atoms with Gasteiger partial charge in [-0.15, -0.1) is 0 Å². The number of benzene rings is 1. The molecule has 0 heterocycles. The molecule has 5 nitrogen and oxygen atoms in total. The van der Waals surface area contributed by atoms with Crippen LogP contribution in [0.25, 0.3) is 0 Å². The summed E-state index contributed by atoms with van der Waals surface area (Å²) in [7, 11) is 1.38. The van der Waals surface area contributed by atoms with Crippen molar-refractivity contribution in [2.75, 3.05) is 13.7 Å². The van der Waals surface area contributed by atoms with Crippen LogP contribution in [0.5, 0.6) is 11.5 Å². The average Bonchev–Trinajstić information content (AvgIpc) is 2.95. The first-order valence-corrected chi connectivity index (χ1v) is 7.63. The Morgan fingerprint density at radius 1 is 1.35 bits per heavy atom. The largest absolute Gasteiger partial charge is 0.493 e. The molecule has 1 aromatic carbocycles. The normalized spacial score (nSPS) is 16.4. The van der Waals surface area contributed by atoms with Crippen LogP contribution in [-0.4, -0.2) is 31.7 Å². The fourth-order valence-corrected chi connectivity index (χ4v) is 2.79. The molecule has 0 saturated heterocycles. The fraction of sp³-hybridized carbons (Fsp3) is 0.562. The molecule has 0 bridgehead atoms. The van der Waals surface area contributed by atoms with Crippen molar-refractivity contribution in [3.8, 4) is 11.5 Å². The summed E-state index contributed by atoms with van der Waals surface area (Å²) in [6.07, 6.45) is 3.83. The Labute approximate surface area is 134 Å². The van der Waals surface area contributed by atoms with E-state index in [-0.39, 0.29) is 17.4 Å². The van der Waals surface area contributed by atoms with Gasteiger partial charge in [-0.25, -0.2) is 0 Å². The molecule has 1 amide bonds. The number of hydrogen-bond donors (Lipinski definition) is 2. The van der Waals surface area contributed by atoms with Crippen LogP contribution in [0.2, 0.25) is 0 Å². The number of carbonyl (C=O) groups excluding carboxylic acids is 1. The number of hydrogen-bond acceptors (Lipinski definition) is 4. The number of nitrogens with one attached hydrogen (secondary N) is 1. The third-order valence-electron chi connectivity index (χ3n) is 4.09. The lowest BCUT2D eigenvalue weighted by Crippen LogP contribution is -2.52. The van der Waals surface area contributed by atoms with E-state index in [1.165, 1.54) is 13.2 Å². The summed E-state index contributed by atoms with van der Waals surface area (Å²) in [6, 6.07) is 4.80. The quantitative estimate of drug-likeness (QED) is 0.805. The summed E-state index contributed by atoms with van der Waals surface area (Å²) in [5, 5.41) is 2.82. The van der Waals surface area contributed by atoms with E-state index in [4.69, 9.17) is 10.5 Å². The molecular weight excluding hydrogens is 306 g/mol. The second-order valence-electron chi connectivity index (χ2n) is 5.73. The molecule has 2 rings (SSSR count). The lowest BCUT2D eigenvalue weighted by Gasteiger charge is -2.22. The average molecular weight is 328 g/mol. The molecule has 0 aromatic heterocycles. The number of alkyl halides is 2. The number of methoxy groups -OCH3 is 1. The van der Waals surface area contributed by atoms with Gasteiger partial charge >= 0.3 is 6.61 Å². The molecule has 1 aliphatic rings. The van der Waals surface area contributed by atoms with Crippen LogP contribution in [0.15, 0.2) is 18.2 Å². The molecule has 128 valence electrons. The topological polar surface area (TPSA) is 73.6 Å². The van der Waals surface area contributed by atoms with Crippen LogP contribution in [0.1, 0.15) is 31.2 Å². The third-order valence-corrected chi connectivity index (χ3v) is 4.09. The second-order valence-corrected chi connectivity index (χ2v) is 5.73. The minimum absolute atomic E-state index is 0.0163. The number of nitrogens with two attached hydrogens (primary N) is 1. The van der Waals surface area contributed by atoms with Crippen molar-refractivity contribution in [2.45, 2.75) is 44.3 Å². The van der Waals surface area contributed by atoms with Crippen molar-refractivity contribution in [1.82, 2.24) is 5.32 Å². The van der Waals surface area contributed by atoms with Gasteiger partial charge in [-0.3, -0.25) is 4.79 Å². The van der Waals surface area contributed by atoms with E-state index < -0.39 is 12.2 Å². The summed E-state index contributed by atoms with van der Waals surface area (Å²) in [4.78, 5) is 12.1. The zero-order chi connectivity index (χ0) is 16.9. The number of carbonyl (C=O) groups is 1. The maximum absolute atomic E-state index is 12.4.